The third kappa shape index (κ3) is 5.58. The van der Waals surface area contributed by atoms with E-state index in [1.807, 2.05) is 50.2 Å². The molecular formula is C23H28N6O4. The zero-order valence-corrected chi connectivity index (χ0v) is 18.9. The molecule has 1 aliphatic rings. The SMILES string of the molecule is CCOc1cc(N2CCOCC2)c(OCC)cc1NC(=O)Cn1nnc(-c2ccccc2)n1. The Morgan fingerprint density at radius 3 is 2.52 bits per heavy atom. The van der Waals surface area contributed by atoms with Crippen molar-refractivity contribution in [2.75, 3.05) is 49.7 Å². The molecule has 2 aromatic carbocycles. The predicted molar refractivity (Wildman–Crippen MR) is 124 cm³/mol. The summed E-state index contributed by atoms with van der Waals surface area (Å²) >= 11 is 0. The smallest absolute Gasteiger partial charge is 0.248 e. The molecule has 0 unspecified atom stereocenters. The van der Waals surface area contributed by atoms with Crippen molar-refractivity contribution in [3.63, 3.8) is 0 Å². The minimum absolute atomic E-state index is 0.0828. The number of hydrogen-bond donors (Lipinski definition) is 1. The number of anilines is 2. The van der Waals surface area contributed by atoms with Crippen LogP contribution >= 0.6 is 0 Å². The first-order valence-electron chi connectivity index (χ1n) is 11.1. The molecule has 0 bridgehead atoms. The second-order valence-electron chi connectivity index (χ2n) is 7.34. The van der Waals surface area contributed by atoms with Crippen LogP contribution < -0.4 is 19.7 Å². The van der Waals surface area contributed by atoms with Gasteiger partial charge in [0.1, 0.15) is 18.0 Å². The summed E-state index contributed by atoms with van der Waals surface area (Å²) < 4.78 is 17.2. The van der Waals surface area contributed by atoms with Gasteiger partial charge in [-0.1, -0.05) is 30.3 Å². The summed E-state index contributed by atoms with van der Waals surface area (Å²) in [6, 6.07) is 13.2. The zero-order chi connectivity index (χ0) is 23.0. The maximum absolute atomic E-state index is 12.8. The van der Waals surface area contributed by atoms with Crippen molar-refractivity contribution >= 4 is 17.3 Å². The molecule has 0 saturated carbocycles. The Morgan fingerprint density at radius 2 is 1.79 bits per heavy atom. The molecule has 0 spiro atoms. The Bertz CT molecular complexity index is 1070. The number of nitrogens with one attached hydrogen (secondary N) is 1. The van der Waals surface area contributed by atoms with Gasteiger partial charge in [-0.15, -0.1) is 10.2 Å². The van der Waals surface area contributed by atoms with E-state index in [0.29, 0.717) is 49.4 Å². The van der Waals surface area contributed by atoms with Crippen molar-refractivity contribution in [1.29, 1.82) is 0 Å². The van der Waals surface area contributed by atoms with E-state index >= 15 is 0 Å². The molecule has 4 rings (SSSR count). The first-order valence-corrected chi connectivity index (χ1v) is 11.1. The summed E-state index contributed by atoms with van der Waals surface area (Å²) in [7, 11) is 0. The van der Waals surface area contributed by atoms with Crippen LogP contribution in [0, 0.1) is 0 Å². The highest BCUT2D eigenvalue weighted by atomic mass is 16.5. The van der Waals surface area contributed by atoms with Gasteiger partial charge in [-0.25, -0.2) is 0 Å². The summed E-state index contributed by atoms with van der Waals surface area (Å²) in [6.07, 6.45) is 0. The number of aromatic nitrogens is 4. The molecule has 2 heterocycles. The molecule has 1 aliphatic heterocycles. The maximum atomic E-state index is 12.8. The van der Waals surface area contributed by atoms with Crippen LogP contribution in [0.5, 0.6) is 11.5 Å². The van der Waals surface area contributed by atoms with Crippen molar-refractivity contribution in [3.8, 4) is 22.9 Å². The van der Waals surface area contributed by atoms with Crippen molar-refractivity contribution in [2.24, 2.45) is 0 Å². The van der Waals surface area contributed by atoms with E-state index < -0.39 is 0 Å². The Balaban J connectivity index is 1.53. The van der Waals surface area contributed by atoms with Gasteiger partial charge in [0.2, 0.25) is 11.7 Å². The normalized spacial score (nSPS) is 13.6. The standard InChI is InChI=1S/C23H28N6O4/c1-3-32-20-15-19(28-10-12-31-13-11-28)21(33-4-2)14-18(20)24-22(30)16-29-26-23(25-27-29)17-8-6-5-7-9-17/h5-9,14-15H,3-4,10-13,16H2,1-2H3,(H,24,30). The second kappa shape index (κ2) is 10.8. The number of carbonyl (C=O) groups excluding carboxylic acids is 1. The van der Waals surface area contributed by atoms with Crippen molar-refractivity contribution in [1.82, 2.24) is 20.2 Å². The summed E-state index contributed by atoms with van der Waals surface area (Å²) in [5.41, 5.74) is 2.29. The fourth-order valence-electron chi connectivity index (χ4n) is 3.58. The van der Waals surface area contributed by atoms with Crippen LogP contribution in [0.4, 0.5) is 11.4 Å². The summed E-state index contributed by atoms with van der Waals surface area (Å²) in [5, 5.41) is 15.2. The van der Waals surface area contributed by atoms with Gasteiger partial charge < -0.3 is 24.4 Å². The lowest BCUT2D eigenvalue weighted by atomic mass is 10.2. The number of ether oxygens (including phenoxy) is 3. The van der Waals surface area contributed by atoms with Crippen LogP contribution in [-0.4, -0.2) is 65.6 Å². The molecule has 0 atom stereocenters. The highest BCUT2D eigenvalue weighted by molar-refractivity contribution is 5.93. The molecule has 1 fully saturated rings. The molecule has 1 saturated heterocycles. The van der Waals surface area contributed by atoms with Crippen molar-refractivity contribution in [3.05, 3.63) is 42.5 Å². The van der Waals surface area contributed by atoms with Crippen molar-refractivity contribution < 1.29 is 19.0 Å². The number of amides is 1. The molecule has 0 radical (unpaired) electrons. The maximum Gasteiger partial charge on any atom is 0.248 e. The lowest BCUT2D eigenvalue weighted by Gasteiger charge is -2.31. The average molecular weight is 453 g/mol. The van der Waals surface area contributed by atoms with Gasteiger partial charge in [0, 0.05) is 30.8 Å². The van der Waals surface area contributed by atoms with Gasteiger partial charge in [0.15, 0.2) is 0 Å². The van der Waals surface area contributed by atoms with E-state index in [0.717, 1.165) is 24.3 Å². The molecule has 174 valence electrons. The van der Waals surface area contributed by atoms with Crippen LogP contribution in [0.15, 0.2) is 42.5 Å². The van der Waals surface area contributed by atoms with Gasteiger partial charge in [-0.2, -0.15) is 4.80 Å². The number of hydrogen-bond acceptors (Lipinski definition) is 8. The number of rotatable bonds is 9. The third-order valence-corrected chi connectivity index (χ3v) is 5.06. The minimum atomic E-state index is -0.297. The molecule has 10 nitrogen and oxygen atoms in total. The minimum Gasteiger partial charge on any atom is -0.492 e. The molecule has 33 heavy (non-hydrogen) atoms. The van der Waals surface area contributed by atoms with E-state index in [1.54, 1.807) is 6.07 Å². The number of morpholine rings is 1. The van der Waals surface area contributed by atoms with Crippen molar-refractivity contribution in [2.45, 2.75) is 20.4 Å². The highest BCUT2D eigenvalue weighted by Crippen LogP contribution is 2.39. The fourth-order valence-corrected chi connectivity index (χ4v) is 3.58. The molecule has 1 amide bonds. The average Bonchev–Trinajstić information content (AvgIpc) is 3.30. The first kappa shape index (κ1) is 22.5. The lowest BCUT2D eigenvalue weighted by molar-refractivity contribution is -0.117. The van der Waals surface area contributed by atoms with Gasteiger partial charge >= 0.3 is 0 Å². The second-order valence-corrected chi connectivity index (χ2v) is 7.34. The van der Waals surface area contributed by atoms with Gasteiger partial charge in [0.25, 0.3) is 0 Å². The number of tetrazole rings is 1. The molecule has 10 heteroatoms. The molecule has 0 aliphatic carbocycles. The van der Waals surface area contributed by atoms with Crippen LogP contribution in [0.1, 0.15) is 13.8 Å². The first-order chi connectivity index (χ1) is 16.2. The Labute approximate surface area is 192 Å². The molecular weight excluding hydrogens is 424 g/mol. The van der Waals surface area contributed by atoms with Crippen LogP contribution in [-0.2, 0) is 16.1 Å². The highest BCUT2D eigenvalue weighted by Gasteiger charge is 2.21. The predicted octanol–water partition coefficient (Wildman–Crippen LogP) is 2.61. The quantitative estimate of drug-likeness (QED) is 0.528. The summed E-state index contributed by atoms with van der Waals surface area (Å²) in [6.45, 7) is 7.56. The Morgan fingerprint density at radius 1 is 1.06 bits per heavy atom. The van der Waals surface area contributed by atoms with E-state index in [-0.39, 0.29) is 12.5 Å². The van der Waals surface area contributed by atoms with Crippen LogP contribution in [0.25, 0.3) is 11.4 Å². The van der Waals surface area contributed by atoms with E-state index in [1.165, 1.54) is 4.80 Å². The van der Waals surface area contributed by atoms with Crippen LogP contribution in [0.2, 0.25) is 0 Å². The van der Waals surface area contributed by atoms with Gasteiger partial charge in [-0.05, 0) is 19.1 Å². The van der Waals surface area contributed by atoms with Crippen LogP contribution in [0.3, 0.4) is 0 Å². The topological polar surface area (TPSA) is 104 Å². The van der Waals surface area contributed by atoms with Gasteiger partial charge in [0.05, 0.1) is 37.8 Å². The summed E-state index contributed by atoms with van der Waals surface area (Å²) in [4.78, 5) is 16.2. The molecule has 1 N–H and O–H groups in total. The van der Waals surface area contributed by atoms with E-state index in [2.05, 4.69) is 25.6 Å². The number of nitrogens with zero attached hydrogens (tertiary/aromatic N) is 5. The number of carbonyl (C=O) groups is 1. The zero-order valence-electron chi connectivity index (χ0n) is 18.9. The largest absolute Gasteiger partial charge is 0.492 e. The lowest BCUT2D eigenvalue weighted by Crippen LogP contribution is -2.36. The Kier molecular flexibility index (Phi) is 7.36. The number of benzene rings is 2. The third-order valence-electron chi connectivity index (χ3n) is 5.06. The van der Waals surface area contributed by atoms with E-state index in [4.69, 9.17) is 14.2 Å². The monoisotopic (exact) mass is 452 g/mol. The summed E-state index contributed by atoms with van der Waals surface area (Å²) in [5.74, 6) is 1.43. The molecule has 3 aromatic rings. The Hall–Kier alpha value is -3.66. The fraction of sp³-hybridized carbons (Fsp3) is 0.391. The molecule has 1 aromatic heterocycles. The van der Waals surface area contributed by atoms with E-state index in [9.17, 15) is 4.79 Å². The van der Waals surface area contributed by atoms with Gasteiger partial charge in [-0.3, -0.25) is 4.79 Å².